The third kappa shape index (κ3) is 3.91. The van der Waals surface area contributed by atoms with E-state index in [1.807, 2.05) is 19.1 Å². The maximum atomic E-state index is 13.8. The van der Waals surface area contributed by atoms with E-state index in [1.165, 1.54) is 12.1 Å². The Bertz CT molecular complexity index is 998. The van der Waals surface area contributed by atoms with E-state index >= 15 is 0 Å². The van der Waals surface area contributed by atoms with Crippen molar-refractivity contribution in [1.29, 1.82) is 5.26 Å². The van der Waals surface area contributed by atoms with Gasteiger partial charge in [-0.25, -0.2) is 4.39 Å². The van der Waals surface area contributed by atoms with Crippen LogP contribution in [0.4, 0.5) is 10.2 Å². The van der Waals surface area contributed by atoms with Crippen molar-refractivity contribution in [3.8, 4) is 6.07 Å². The molecule has 0 radical (unpaired) electrons. The quantitative estimate of drug-likeness (QED) is 0.616. The van der Waals surface area contributed by atoms with Crippen LogP contribution in [0.3, 0.4) is 0 Å². The van der Waals surface area contributed by atoms with Crippen LogP contribution in [-0.2, 0) is 11.2 Å². The number of hydrogen-bond donors (Lipinski definition) is 1. The summed E-state index contributed by atoms with van der Waals surface area (Å²) < 4.78 is 13.8. The van der Waals surface area contributed by atoms with Gasteiger partial charge in [0.2, 0.25) is 5.91 Å². The highest BCUT2D eigenvalue weighted by molar-refractivity contribution is 5.96. The molecule has 6 nitrogen and oxygen atoms in total. The van der Waals surface area contributed by atoms with E-state index in [-0.39, 0.29) is 17.4 Å². The molecule has 1 unspecified atom stereocenters. The van der Waals surface area contributed by atoms with E-state index in [0.717, 1.165) is 11.3 Å². The summed E-state index contributed by atoms with van der Waals surface area (Å²) in [6.07, 6.45) is 6.40. The second-order valence-electron chi connectivity index (χ2n) is 6.49. The molecule has 142 valence electrons. The maximum absolute atomic E-state index is 13.8. The minimum atomic E-state index is -0.555. The fraction of sp³-hybridized carbons (Fsp3) is 0.238. The number of anilines is 1. The average molecular weight is 377 g/mol. The standard InChI is InChI=1S/C21H20FN5O/c1-3-15(6-8-24-2)19-12-20(26-25-19)27-9-7-16(21(27)28)10-14-4-5-17(13-23)18(22)11-14/h3-6,8,11-12,16H,2,7,9-10H2,1H3,(H,25,26)/b8-6-,15-3+. The van der Waals surface area contributed by atoms with Crippen molar-refractivity contribution < 1.29 is 9.18 Å². The van der Waals surface area contributed by atoms with Gasteiger partial charge in [-0.3, -0.25) is 19.8 Å². The number of nitrogens with one attached hydrogen (secondary N) is 1. The molecule has 1 aliphatic rings. The Kier molecular flexibility index (Phi) is 5.80. The summed E-state index contributed by atoms with van der Waals surface area (Å²) in [5.74, 6) is -0.264. The van der Waals surface area contributed by atoms with Crippen molar-refractivity contribution in [2.75, 3.05) is 11.4 Å². The zero-order valence-corrected chi connectivity index (χ0v) is 15.5. The van der Waals surface area contributed by atoms with Gasteiger partial charge in [0.25, 0.3) is 0 Å². The monoisotopic (exact) mass is 377 g/mol. The van der Waals surface area contributed by atoms with E-state index in [2.05, 4.69) is 21.9 Å². The van der Waals surface area contributed by atoms with Gasteiger partial charge in [-0.1, -0.05) is 12.1 Å². The number of aromatic amines is 1. The molecule has 0 spiro atoms. The van der Waals surface area contributed by atoms with Gasteiger partial charge in [0.1, 0.15) is 11.9 Å². The normalized spacial score (nSPS) is 17.3. The SMILES string of the molecule is C=N/C=C\C(=C/C)c1cc(N2CCC(Cc3ccc(C#N)c(F)c3)C2=O)n[nH]1. The highest BCUT2D eigenvalue weighted by Crippen LogP contribution is 2.28. The van der Waals surface area contributed by atoms with Crippen molar-refractivity contribution in [2.24, 2.45) is 10.9 Å². The first-order valence-electron chi connectivity index (χ1n) is 8.91. The van der Waals surface area contributed by atoms with Gasteiger partial charge in [0, 0.05) is 24.7 Å². The number of allylic oxidation sites excluding steroid dienone is 3. The summed E-state index contributed by atoms with van der Waals surface area (Å²) in [7, 11) is 0. The van der Waals surface area contributed by atoms with Crippen molar-refractivity contribution in [1.82, 2.24) is 10.2 Å². The number of benzene rings is 1. The summed E-state index contributed by atoms with van der Waals surface area (Å²) in [6.45, 7) is 5.87. The number of aromatic nitrogens is 2. The summed E-state index contributed by atoms with van der Waals surface area (Å²) in [5.41, 5.74) is 2.38. The van der Waals surface area contributed by atoms with Gasteiger partial charge in [0.15, 0.2) is 5.82 Å². The van der Waals surface area contributed by atoms with Crippen LogP contribution >= 0.6 is 0 Å². The molecule has 1 fully saturated rings. The van der Waals surface area contributed by atoms with Crippen LogP contribution in [0.5, 0.6) is 0 Å². The highest BCUT2D eigenvalue weighted by Gasteiger charge is 2.33. The molecule has 1 atom stereocenters. The number of carbonyl (C=O) groups is 1. The fourth-order valence-corrected chi connectivity index (χ4v) is 3.29. The Hall–Kier alpha value is -3.53. The average Bonchev–Trinajstić information content (AvgIpc) is 3.30. The number of H-pyrrole nitrogens is 1. The number of nitrogens with zero attached hydrogens (tertiary/aromatic N) is 4. The minimum absolute atomic E-state index is 0.00710. The maximum Gasteiger partial charge on any atom is 0.231 e. The smallest absolute Gasteiger partial charge is 0.231 e. The van der Waals surface area contributed by atoms with E-state index in [4.69, 9.17) is 5.26 Å². The van der Waals surface area contributed by atoms with Crippen molar-refractivity contribution in [2.45, 2.75) is 19.8 Å². The molecule has 1 aromatic carbocycles. The van der Waals surface area contributed by atoms with E-state index in [0.29, 0.717) is 30.8 Å². The number of halogens is 1. The number of aliphatic imine (C=N–C) groups is 1. The molecule has 1 saturated heterocycles. The Morgan fingerprint density at radius 3 is 3.04 bits per heavy atom. The lowest BCUT2D eigenvalue weighted by atomic mass is 9.97. The second-order valence-corrected chi connectivity index (χ2v) is 6.49. The Labute approximate surface area is 162 Å². The van der Waals surface area contributed by atoms with Gasteiger partial charge in [-0.05, 0) is 55.8 Å². The van der Waals surface area contributed by atoms with Gasteiger partial charge < -0.3 is 0 Å². The molecule has 1 aromatic heterocycles. The van der Waals surface area contributed by atoms with Gasteiger partial charge >= 0.3 is 0 Å². The lowest BCUT2D eigenvalue weighted by molar-refractivity contribution is -0.120. The molecule has 3 rings (SSSR count). The third-order valence-electron chi connectivity index (χ3n) is 4.77. The van der Waals surface area contributed by atoms with Crippen LogP contribution in [0.15, 0.2) is 47.6 Å². The number of amides is 1. The number of nitriles is 1. The van der Waals surface area contributed by atoms with Crippen molar-refractivity contribution in [3.05, 3.63) is 65.3 Å². The third-order valence-corrected chi connectivity index (χ3v) is 4.77. The molecule has 7 heteroatoms. The predicted octanol–water partition coefficient (Wildman–Crippen LogP) is 3.63. The summed E-state index contributed by atoms with van der Waals surface area (Å²) >= 11 is 0. The molecule has 0 saturated carbocycles. The topological polar surface area (TPSA) is 85.1 Å². The van der Waals surface area contributed by atoms with Crippen molar-refractivity contribution >= 4 is 24.0 Å². The molecule has 1 amide bonds. The first-order valence-corrected chi connectivity index (χ1v) is 8.91. The zero-order chi connectivity index (χ0) is 20.1. The van der Waals surface area contributed by atoms with Crippen LogP contribution in [-0.4, -0.2) is 29.4 Å². The van der Waals surface area contributed by atoms with Crippen LogP contribution in [0.25, 0.3) is 5.57 Å². The lowest BCUT2D eigenvalue weighted by Gasteiger charge is -2.13. The van der Waals surface area contributed by atoms with Crippen LogP contribution in [0, 0.1) is 23.1 Å². The van der Waals surface area contributed by atoms with Crippen LogP contribution in [0.2, 0.25) is 0 Å². The predicted molar refractivity (Wildman–Crippen MR) is 106 cm³/mol. The number of hydrogen-bond acceptors (Lipinski definition) is 4. The number of carbonyl (C=O) groups excluding carboxylic acids is 1. The minimum Gasteiger partial charge on any atom is -0.295 e. The first kappa shape index (κ1) is 19.2. The van der Waals surface area contributed by atoms with Gasteiger partial charge in [0.05, 0.1) is 11.3 Å². The molecule has 1 aliphatic heterocycles. The van der Waals surface area contributed by atoms with Gasteiger partial charge in [-0.2, -0.15) is 10.4 Å². The molecule has 1 N–H and O–H groups in total. The summed E-state index contributed by atoms with van der Waals surface area (Å²) in [5, 5.41) is 16.0. The Morgan fingerprint density at radius 2 is 2.36 bits per heavy atom. The van der Waals surface area contributed by atoms with Gasteiger partial charge in [-0.15, -0.1) is 0 Å². The molecule has 2 heterocycles. The van der Waals surface area contributed by atoms with Crippen molar-refractivity contribution in [3.63, 3.8) is 0 Å². The molecule has 2 aromatic rings. The molecule has 28 heavy (non-hydrogen) atoms. The largest absolute Gasteiger partial charge is 0.295 e. The zero-order valence-electron chi connectivity index (χ0n) is 15.5. The molecule has 0 aliphatic carbocycles. The van der Waals surface area contributed by atoms with E-state index in [9.17, 15) is 9.18 Å². The summed E-state index contributed by atoms with van der Waals surface area (Å²) in [6, 6.07) is 8.11. The second kappa shape index (κ2) is 8.44. The first-order chi connectivity index (χ1) is 13.6. The molecular weight excluding hydrogens is 357 g/mol. The van der Waals surface area contributed by atoms with Crippen LogP contribution in [0.1, 0.15) is 30.2 Å². The highest BCUT2D eigenvalue weighted by atomic mass is 19.1. The van der Waals surface area contributed by atoms with E-state index in [1.54, 1.807) is 29.3 Å². The molecular formula is C21H20FN5O. The molecule has 0 bridgehead atoms. The summed E-state index contributed by atoms with van der Waals surface area (Å²) in [4.78, 5) is 18.2. The number of rotatable bonds is 6. The lowest BCUT2D eigenvalue weighted by Crippen LogP contribution is -2.28. The fourth-order valence-electron chi connectivity index (χ4n) is 3.29. The Balaban J connectivity index is 1.72. The Morgan fingerprint density at radius 1 is 1.54 bits per heavy atom. The van der Waals surface area contributed by atoms with E-state index < -0.39 is 5.82 Å². The van der Waals surface area contributed by atoms with Crippen LogP contribution < -0.4 is 4.90 Å².